The second-order valence-electron chi connectivity index (χ2n) is 10.1. The number of amides is 2. The van der Waals surface area contributed by atoms with Gasteiger partial charge in [-0.25, -0.2) is 4.79 Å². The number of carbonyl (C=O) groups excluding carboxylic acids is 3. The highest BCUT2D eigenvalue weighted by molar-refractivity contribution is 5.98. The minimum atomic E-state index is -0.589. The molecule has 1 aromatic rings. The summed E-state index contributed by atoms with van der Waals surface area (Å²) in [5.41, 5.74) is 1.03. The van der Waals surface area contributed by atoms with Crippen LogP contribution in [0, 0.1) is 17.8 Å². The Morgan fingerprint density at radius 1 is 0.943 bits per heavy atom. The van der Waals surface area contributed by atoms with Crippen LogP contribution in [0.5, 0.6) is 0 Å². The molecule has 1 aliphatic rings. The number of anilines is 1. The lowest BCUT2D eigenvalue weighted by Gasteiger charge is -2.30. The van der Waals surface area contributed by atoms with Crippen LogP contribution in [0.25, 0.3) is 0 Å². The molecule has 2 amide bonds. The van der Waals surface area contributed by atoms with Gasteiger partial charge in [0.25, 0.3) is 0 Å². The van der Waals surface area contributed by atoms with Crippen LogP contribution in [-0.2, 0) is 14.3 Å². The zero-order valence-corrected chi connectivity index (χ0v) is 22.2. The average Bonchev–Trinajstić information content (AvgIpc) is 2.87. The van der Waals surface area contributed by atoms with E-state index in [9.17, 15) is 14.4 Å². The first kappa shape index (κ1) is 28.9. The number of nitrogens with one attached hydrogen (secondary N) is 2. The van der Waals surface area contributed by atoms with Gasteiger partial charge in [0, 0.05) is 11.6 Å². The normalized spacial score (nSPS) is 19.4. The fourth-order valence-electron chi connectivity index (χ4n) is 4.85. The molecule has 0 heterocycles. The fourth-order valence-corrected chi connectivity index (χ4v) is 4.85. The quantitative estimate of drug-likeness (QED) is 0.232. The minimum absolute atomic E-state index is 0.00417. The van der Waals surface area contributed by atoms with Crippen molar-refractivity contribution in [3.8, 4) is 0 Å². The molecular formula is C29H46N2O4. The Balaban J connectivity index is 1.86. The third-order valence-electron chi connectivity index (χ3n) is 7.39. The lowest BCUT2D eigenvalue weighted by molar-refractivity contribution is -0.131. The largest absolute Gasteiger partial charge is 0.462 e. The lowest BCUT2D eigenvalue weighted by atomic mass is 9.79. The SMILES string of the molecule is CCCCCCCC1CCC(C(=O)N[C@H](C(=O)Nc2ccc(C(=O)OCC)cc2)[C@H](C)CC)CC1. The average molecular weight is 487 g/mol. The Kier molecular flexibility index (Phi) is 12.9. The summed E-state index contributed by atoms with van der Waals surface area (Å²) in [5, 5.41) is 5.96. The molecule has 0 aliphatic heterocycles. The fraction of sp³-hybridized carbons (Fsp3) is 0.690. The van der Waals surface area contributed by atoms with Gasteiger partial charge in [-0.2, -0.15) is 0 Å². The lowest BCUT2D eigenvalue weighted by Crippen LogP contribution is -2.49. The van der Waals surface area contributed by atoms with E-state index < -0.39 is 6.04 Å². The summed E-state index contributed by atoms with van der Waals surface area (Å²) in [6.07, 6.45) is 12.7. The highest BCUT2D eigenvalue weighted by atomic mass is 16.5. The molecule has 35 heavy (non-hydrogen) atoms. The molecule has 0 bridgehead atoms. The van der Waals surface area contributed by atoms with E-state index in [1.165, 1.54) is 38.5 Å². The van der Waals surface area contributed by atoms with Gasteiger partial charge in [-0.05, 0) is 68.7 Å². The molecule has 0 unspecified atom stereocenters. The van der Waals surface area contributed by atoms with Crippen LogP contribution >= 0.6 is 0 Å². The van der Waals surface area contributed by atoms with Crippen molar-refractivity contribution >= 4 is 23.5 Å². The van der Waals surface area contributed by atoms with E-state index in [4.69, 9.17) is 4.74 Å². The summed E-state index contributed by atoms with van der Waals surface area (Å²) in [7, 11) is 0. The van der Waals surface area contributed by atoms with Crippen molar-refractivity contribution in [2.24, 2.45) is 17.8 Å². The van der Waals surface area contributed by atoms with Crippen LogP contribution in [0.2, 0.25) is 0 Å². The number of rotatable bonds is 14. The van der Waals surface area contributed by atoms with E-state index >= 15 is 0 Å². The van der Waals surface area contributed by atoms with Gasteiger partial charge in [-0.15, -0.1) is 0 Å². The van der Waals surface area contributed by atoms with Crippen molar-refractivity contribution in [2.75, 3.05) is 11.9 Å². The zero-order valence-electron chi connectivity index (χ0n) is 22.2. The first-order valence-corrected chi connectivity index (χ1v) is 13.8. The van der Waals surface area contributed by atoms with Crippen LogP contribution in [0.15, 0.2) is 24.3 Å². The second-order valence-corrected chi connectivity index (χ2v) is 10.1. The topological polar surface area (TPSA) is 84.5 Å². The van der Waals surface area contributed by atoms with E-state index in [0.29, 0.717) is 17.9 Å². The number of hydrogen-bond donors (Lipinski definition) is 2. The molecule has 2 N–H and O–H groups in total. The van der Waals surface area contributed by atoms with Crippen LogP contribution < -0.4 is 10.6 Å². The summed E-state index contributed by atoms with van der Waals surface area (Å²) < 4.78 is 5.00. The molecule has 0 aromatic heterocycles. The Morgan fingerprint density at radius 2 is 1.60 bits per heavy atom. The predicted molar refractivity (Wildman–Crippen MR) is 141 cm³/mol. The molecule has 196 valence electrons. The van der Waals surface area contributed by atoms with Gasteiger partial charge in [-0.1, -0.05) is 65.7 Å². The number of esters is 1. The molecule has 1 fully saturated rings. The van der Waals surface area contributed by atoms with Crippen LogP contribution in [0.1, 0.15) is 109 Å². The van der Waals surface area contributed by atoms with Gasteiger partial charge in [0.2, 0.25) is 11.8 Å². The van der Waals surface area contributed by atoms with Gasteiger partial charge >= 0.3 is 5.97 Å². The van der Waals surface area contributed by atoms with E-state index in [0.717, 1.165) is 38.0 Å². The van der Waals surface area contributed by atoms with Crippen molar-refractivity contribution < 1.29 is 19.1 Å². The third-order valence-corrected chi connectivity index (χ3v) is 7.39. The molecule has 1 saturated carbocycles. The molecule has 1 aliphatic carbocycles. The van der Waals surface area contributed by atoms with E-state index in [1.54, 1.807) is 31.2 Å². The Bertz CT molecular complexity index is 784. The Labute approximate surface area is 212 Å². The standard InChI is InChI=1S/C29H46N2O4/c1-5-8-9-10-11-12-22-13-15-23(16-14-22)27(32)31-26(21(4)6-2)28(33)30-25-19-17-24(18-20-25)29(34)35-7-3/h17-23,26H,5-16H2,1-4H3,(H,30,33)(H,31,32)/t21-,22?,23?,26+/m1/s1. The van der Waals surface area contributed by atoms with E-state index in [-0.39, 0.29) is 29.6 Å². The molecule has 0 spiro atoms. The van der Waals surface area contributed by atoms with Crippen molar-refractivity contribution in [2.45, 2.75) is 104 Å². The maximum absolute atomic E-state index is 13.1. The summed E-state index contributed by atoms with van der Waals surface area (Å²) in [6, 6.07) is 6.04. The smallest absolute Gasteiger partial charge is 0.338 e. The Morgan fingerprint density at radius 3 is 2.20 bits per heavy atom. The third kappa shape index (κ3) is 9.65. The van der Waals surface area contributed by atoms with Crippen molar-refractivity contribution in [1.29, 1.82) is 0 Å². The maximum atomic E-state index is 13.1. The molecule has 6 nitrogen and oxygen atoms in total. The first-order valence-electron chi connectivity index (χ1n) is 13.8. The molecule has 2 atom stereocenters. The number of hydrogen-bond acceptors (Lipinski definition) is 4. The van der Waals surface area contributed by atoms with Gasteiger partial charge in [-0.3, -0.25) is 9.59 Å². The van der Waals surface area contributed by atoms with Crippen molar-refractivity contribution in [3.63, 3.8) is 0 Å². The van der Waals surface area contributed by atoms with Gasteiger partial charge < -0.3 is 15.4 Å². The first-order chi connectivity index (χ1) is 16.9. The highest BCUT2D eigenvalue weighted by Crippen LogP contribution is 2.32. The number of unbranched alkanes of at least 4 members (excludes halogenated alkanes) is 4. The van der Waals surface area contributed by atoms with E-state index in [1.807, 2.05) is 13.8 Å². The number of benzene rings is 1. The number of ether oxygens (including phenoxy) is 1. The molecule has 0 saturated heterocycles. The highest BCUT2D eigenvalue weighted by Gasteiger charge is 2.31. The summed E-state index contributed by atoms with van der Waals surface area (Å²) >= 11 is 0. The molecule has 0 radical (unpaired) electrons. The second kappa shape index (κ2) is 15.6. The minimum Gasteiger partial charge on any atom is -0.462 e. The summed E-state index contributed by atoms with van der Waals surface area (Å²) in [4.78, 5) is 38.0. The van der Waals surface area contributed by atoms with Gasteiger partial charge in [0.1, 0.15) is 6.04 Å². The summed E-state index contributed by atoms with van der Waals surface area (Å²) in [6.45, 7) is 8.33. The molecule has 1 aromatic carbocycles. The predicted octanol–water partition coefficient (Wildman–Crippen LogP) is 6.50. The van der Waals surface area contributed by atoms with Crippen molar-refractivity contribution in [1.82, 2.24) is 5.32 Å². The molecule has 2 rings (SSSR count). The van der Waals surface area contributed by atoms with Gasteiger partial charge in [0.05, 0.1) is 12.2 Å². The maximum Gasteiger partial charge on any atom is 0.338 e. The van der Waals surface area contributed by atoms with Crippen LogP contribution in [-0.4, -0.2) is 30.4 Å². The number of carbonyl (C=O) groups is 3. The Hall–Kier alpha value is -2.37. The van der Waals surface area contributed by atoms with Gasteiger partial charge in [0.15, 0.2) is 0 Å². The summed E-state index contributed by atoms with van der Waals surface area (Å²) in [5.74, 6) is 0.141. The van der Waals surface area contributed by atoms with Crippen molar-refractivity contribution in [3.05, 3.63) is 29.8 Å². The van der Waals surface area contributed by atoms with Crippen LogP contribution in [0.4, 0.5) is 5.69 Å². The van der Waals surface area contributed by atoms with E-state index in [2.05, 4.69) is 17.6 Å². The molecular weight excluding hydrogens is 440 g/mol. The monoisotopic (exact) mass is 486 g/mol. The molecule has 6 heteroatoms. The van der Waals surface area contributed by atoms with Crippen LogP contribution in [0.3, 0.4) is 0 Å². The zero-order chi connectivity index (χ0) is 25.6.